The van der Waals surface area contributed by atoms with E-state index in [9.17, 15) is 0 Å². The number of halogens is 1. The second-order valence-corrected chi connectivity index (χ2v) is 5.96. The fourth-order valence-electron chi connectivity index (χ4n) is 2.91. The van der Waals surface area contributed by atoms with Crippen LogP contribution in [-0.2, 0) is 6.42 Å². The highest BCUT2D eigenvalue weighted by Crippen LogP contribution is 2.27. The van der Waals surface area contributed by atoms with Crippen molar-refractivity contribution >= 4 is 17.2 Å². The molecule has 0 N–H and O–H groups in total. The summed E-state index contributed by atoms with van der Waals surface area (Å²) in [5, 5.41) is 13.6. The van der Waals surface area contributed by atoms with Crippen LogP contribution in [0.15, 0.2) is 0 Å². The Morgan fingerprint density at radius 1 is 1.11 bits per heavy atom. The monoisotopic (exact) mass is 278 g/mol. The first-order valence-electron chi connectivity index (χ1n) is 7.04. The van der Waals surface area contributed by atoms with Crippen LogP contribution >= 0.6 is 11.6 Å². The summed E-state index contributed by atoms with van der Waals surface area (Å²) >= 11 is 6.18. The van der Waals surface area contributed by atoms with Gasteiger partial charge in [0.2, 0.25) is 0 Å². The zero-order chi connectivity index (χ0) is 13.4. The van der Waals surface area contributed by atoms with Crippen molar-refractivity contribution < 1.29 is 0 Å². The zero-order valence-corrected chi connectivity index (χ0v) is 12.2. The van der Waals surface area contributed by atoms with E-state index in [1.54, 1.807) is 0 Å². The number of hydrogen-bond acceptors (Lipinski definition) is 3. The molecule has 0 unspecified atom stereocenters. The van der Waals surface area contributed by atoms with Crippen LogP contribution < -0.4 is 0 Å². The third-order valence-corrected chi connectivity index (χ3v) is 4.66. The summed E-state index contributed by atoms with van der Waals surface area (Å²) in [6, 6.07) is 0. The Bertz CT molecular complexity index is 599. The molecule has 2 aromatic rings. The molecule has 1 aliphatic carbocycles. The topological polar surface area (TPSA) is 43.1 Å². The maximum absolute atomic E-state index is 6.18. The average Bonchev–Trinajstić information content (AvgIpc) is 2.81. The summed E-state index contributed by atoms with van der Waals surface area (Å²) in [6.45, 7) is 4.00. The Hall–Kier alpha value is -1.16. The summed E-state index contributed by atoms with van der Waals surface area (Å²) in [5.74, 6) is 1.68. The predicted octanol–water partition coefficient (Wildman–Crippen LogP) is 3.52. The first kappa shape index (κ1) is 12.9. The molecular formula is C14H19ClN4. The lowest BCUT2D eigenvalue weighted by Gasteiger charge is -2.20. The van der Waals surface area contributed by atoms with Crippen molar-refractivity contribution in [2.75, 3.05) is 0 Å². The van der Waals surface area contributed by atoms with E-state index in [-0.39, 0.29) is 0 Å². The van der Waals surface area contributed by atoms with Crippen molar-refractivity contribution in [3.8, 4) is 0 Å². The van der Waals surface area contributed by atoms with E-state index in [4.69, 9.17) is 11.6 Å². The van der Waals surface area contributed by atoms with Crippen molar-refractivity contribution in [3.63, 3.8) is 0 Å². The van der Waals surface area contributed by atoms with E-state index >= 15 is 0 Å². The molecular weight excluding hydrogens is 260 g/mol. The molecule has 0 saturated heterocycles. The largest absolute Gasteiger partial charge is 0.196 e. The first-order valence-corrected chi connectivity index (χ1v) is 7.41. The minimum absolute atomic E-state index is 0.551. The molecule has 0 aromatic carbocycles. The number of rotatable bonds is 2. The lowest BCUT2D eigenvalue weighted by atomic mass is 9.87. The van der Waals surface area contributed by atoms with Crippen molar-refractivity contribution in [2.24, 2.45) is 5.92 Å². The van der Waals surface area contributed by atoms with Gasteiger partial charge in [-0.3, -0.25) is 0 Å². The highest BCUT2D eigenvalue weighted by atomic mass is 35.5. The van der Waals surface area contributed by atoms with Gasteiger partial charge in [0.1, 0.15) is 0 Å². The van der Waals surface area contributed by atoms with Gasteiger partial charge in [0.05, 0.1) is 0 Å². The molecule has 102 valence electrons. The fourth-order valence-corrected chi connectivity index (χ4v) is 3.13. The van der Waals surface area contributed by atoms with E-state index in [2.05, 4.69) is 15.3 Å². The van der Waals surface area contributed by atoms with Crippen molar-refractivity contribution in [2.45, 2.75) is 52.4 Å². The molecule has 2 heterocycles. The summed E-state index contributed by atoms with van der Waals surface area (Å²) in [7, 11) is 0. The third-order valence-electron chi connectivity index (χ3n) is 4.30. The molecule has 4 nitrogen and oxygen atoms in total. The van der Waals surface area contributed by atoms with Crippen molar-refractivity contribution in [1.82, 2.24) is 19.8 Å². The molecule has 5 heteroatoms. The average molecular weight is 279 g/mol. The zero-order valence-electron chi connectivity index (χ0n) is 11.5. The van der Waals surface area contributed by atoms with Crippen LogP contribution in [0.25, 0.3) is 5.65 Å². The molecule has 0 radical (unpaired) electrons. The SMILES string of the molecule is Cc1c(Cl)nn2c(CC3CCCCC3)nnc2c1C. The third kappa shape index (κ3) is 2.34. The summed E-state index contributed by atoms with van der Waals surface area (Å²) in [4.78, 5) is 0. The van der Waals surface area contributed by atoms with Gasteiger partial charge in [0.15, 0.2) is 16.6 Å². The van der Waals surface area contributed by atoms with Gasteiger partial charge < -0.3 is 0 Å². The van der Waals surface area contributed by atoms with Gasteiger partial charge in [0, 0.05) is 12.0 Å². The molecule has 19 heavy (non-hydrogen) atoms. The van der Waals surface area contributed by atoms with Crippen molar-refractivity contribution in [3.05, 3.63) is 22.1 Å². The highest BCUT2D eigenvalue weighted by Gasteiger charge is 2.19. The normalized spacial score (nSPS) is 17.2. The van der Waals surface area contributed by atoms with Crippen LogP contribution in [0.5, 0.6) is 0 Å². The Morgan fingerprint density at radius 2 is 1.84 bits per heavy atom. The second kappa shape index (κ2) is 5.08. The van der Waals surface area contributed by atoms with Gasteiger partial charge in [-0.15, -0.1) is 10.2 Å². The standard InChI is InChI=1S/C14H19ClN4/c1-9-10(2)14-17-16-12(19(14)18-13(9)15)8-11-6-4-3-5-7-11/h11H,3-8H2,1-2H3. The summed E-state index contributed by atoms with van der Waals surface area (Å²) in [5.41, 5.74) is 2.90. The second-order valence-electron chi connectivity index (χ2n) is 5.60. The predicted molar refractivity (Wildman–Crippen MR) is 75.5 cm³/mol. The number of aromatic nitrogens is 4. The number of hydrogen-bond donors (Lipinski definition) is 0. The molecule has 0 aliphatic heterocycles. The fraction of sp³-hybridized carbons (Fsp3) is 0.643. The molecule has 3 rings (SSSR count). The highest BCUT2D eigenvalue weighted by molar-refractivity contribution is 6.30. The van der Waals surface area contributed by atoms with Crippen molar-refractivity contribution in [1.29, 1.82) is 0 Å². The quantitative estimate of drug-likeness (QED) is 0.844. The lowest BCUT2D eigenvalue weighted by molar-refractivity contribution is 0.349. The maximum atomic E-state index is 6.18. The van der Waals surface area contributed by atoms with Gasteiger partial charge in [-0.2, -0.15) is 9.61 Å². The van der Waals surface area contributed by atoms with Gasteiger partial charge in [-0.25, -0.2) is 0 Å². The molecule has 1 aliphatic rings. The molecule has 0 atom stereocenters. The van der Waals surface area contributed by atoms with Gasteiger partial charge >= 0.3 is 0 Å². The van der Waals surface area contributed by atoms with E-state index in [1.807, 2.05) is 18.4 Å². The Morgan fingerprint density at radius 3 is 2.58 bits per heavy atom. The summed E-state index contributed by atoms with van der Waals surface area (Å²) in [6.07, 6.45) is 7.62. The van der Waals surface area contributed by atoms with E-state index in [1.165, 1.54) is 32.1 Å². The molecule has 0 spiro atoms. The van der Waals surface area contributed by atoms with Crippen LogP contribution in [0.3, 0.4) is 0 Å². The first-order chi connectivity index (χ1) is 9.16. The number of nitrogens with zero attached hydrogens (tertiary/aromatic N) is 4. The Labute approximate surface area is 118 Å². The number of fused-ring (bicyclic) bond motifs is 1. The van der Waals surface area contributed by atoms with Gasteiger partial charge in [0.25, 0.3) is 0 Å². The van der Waals surface area contributed by atoms with E-state index in [0.717, 1.165) is 34.9 Å². The van der Waals surface area contributed by atoms with Crippen LogP contribution in [0.4, 0.5) is 0 Å². The Kier molecular flexibility index (Phi) is 3.44. The number of aryl methyl sites for hydroxylation is 1. The van der Waals surface area contributed by atoms with Gasteiger partial charge in [-0.05, 0) is 25.3 Å². The minimum Gasteiger partial charge on any atom is -0.196 e. The molecule has 1 saturated carbocycles. The summed E-state index contributed by atoms with van der Waals surface area (Å²) < 4.78 is 1.83. The van der Waals surface area contributed by atoms with Crippen LogP contribution in [0.2, 0.25) is 5.15 Å². The minimum atomic E-state index is 0.551. The molecule has 0 bridgehead atoms. The van der Waals surface area contributed by atoms with E-state index in [0.29, 0.717) is 5.15 Å². The Balaban J connectivity index is 1.96. The van der Waals surface area contributed by atoms with Gasteiger partial charge in [-0.1, -0.05) is 43.7 Å². The maximum Gasteiger partial charge on any atom is 0.181 e. The van der Waals surface area contributed by atoms with Crippen LogP contribution in [0.1, 0.15) is 49.1 Å². The molecule has 2 aromatic heterocycles. The smallest absolute Gasteiger partial charge is 0.181 e. The lowest BCUT2D eigenvalue weighted by Crippen LogP contribution is -2.12. The van der Waals surface area contributed by atoms with E-state index < -0.39 is 0 Å². The molecule has 0 amide bonds. The van der Waals surface area contributed by atoms with Crippen LogP contribution in [-0.4, -0.2) is 19.8 Å². The molecule has 1 fully saturated rings. The van der Waals surface area contributed by atoms with Crippen LogP contribution in [0, 0.1) is 19.8 Å².